The zero-order valence-corrected chi connectivity index (χ0v) is 28.7. The summed E-state index contributed by atoms with van der Waals surface area (Å²) in [6, 6.07) is 68.4. The van der Waals surface area contributed by atoms with E-state index in [9.17, 15) is 0 Å². The first kappa shape index (κ1) is 30.8. The van der Waals surface area contributed by atoms with Gasteiger partial charge in [0.2, 0.25) is 0 Å². The Morgan fingerprint density at radius 1 is 0.412 bits per heavy atom. The van der Waals surface area contributed by atoms with Gasteiger partial charge >= 0.3 is 0 Å². The van der Waals surface area contributed by atoms with Gasteiger partial charge in [0.05, 0.1) is 11.2 Å². The van der Waals surface area contributed by atoms with Crippen molar-refractivity contribution in [3.63, 3.8) is 0 Å². The molecular formula is C47H33N2OP. The van der Waals surface area contributed by atoms with Crippen molar-refractivity contribution in [3.8, 4) is 11.3 Å². The van der Waals surface area contributed by atoms with Gasteiger partial charge in [0.1, 0.15) is 0 Å². The van der Waals surface area contributed by atoms with Crippen LogP contribution in [-0.2, 0) is 4.57 Å². The van der Waals surface area contributed by atoms with E-state index in [1.165, 1.54) is 0 Å². The molecule has 242 valence electrons. The van der Waals surface area contributed by atoms with Crippen LogP contribution in [-0.4, -0.2) is 4.98 Å². The Labute approximate surface area is 297 Å². The van der Waals surface area contributed by atoms with Gasteiger partial charge in [0, 0.05) is 54.7 Å². The van der Waals surface area contributed by atoms with Crippen molar-refractivity contribution >= 4 is 72.6 Å². The van der Waals surface area contributed by atoms with Gasteiger partial charge in [-0.3, -0.25) is 0 Å². The van der Waals surface area contributed by atoms with Gasteiger partial charge in [0.25, 0.3) is 0 Å². The fraction of sp³-hybridized carbons (Fsp3) is 0. The molecule has 4 heteroatoms. The van der Waals surface area contributed by atoms with E-state index < -0.39 is 7.14 Å². The third-order valence-electron chi connectivity index (χ3n) is 9.70. The third-order valence-corrected chi connectivity index (χ3v) is 12.8. The molecule has 8 aromatic carbocycles. The second-order valence-electron chi connectivity index (χ2n) is 12.7. The molecular weight excluding hydrogens is 640 g/mol. The number of hydrogen-bond acceptors (Lipinski definition) is 3. The van der Waals surface area contributed by atoms with Gasteiger partial charge in [-0.15, -0.1) is 0 Å². The maximum absolute atomic E-state index is 15.2. The summed E-state index contributed by atoms with van der Waals surface area (Å²) in [5.41, 5.74) is 6.19. The first-order valence-electron chi connectivity index (χ1n) is 17.2. The van der Waals surface area contributed by atoms with Crippen LogP contribution in [0.4, 0.5) is 17.1 Å². The van der Waals surface area contributed by atoms with Crippen molar-refractivity contribution in [2.45, 2.75) is 0 Å². The van der Waals surface area contributed by atoms with E-state index in [-0.39, 0.29) is 0 Å². The molecule has 0 unspecified atom stereocenters. The largest absolute Gasteiger partial charge is 0.311 e. The predicted molar refractivity (Wildman–Crippen MR) is 216 cm³/mol. The van der Waals surface area contributed by atoms with Crippen LogP contribution in [0, 0.1) is 0 Å². The highest BCUT2D eigenvalue weighted by atomic mass is 31.2. The van der Waals surface area contributed by atoms with Crippen molar-refractivity contribution < 1.29 is 4.57 Å². The van der Waals surface area contributed by atoms with E-state index in [0.29, 0.717) is 0 Å². The summed E-state index contributed by atoms with van der Waals surface area (Å²) in [5.74, 6) is 0. The summed E-state index contributed by atoms with van der Waals surface area (Å²) >= 11 is 0. The number of hydrogen-bond donors (Lipinski definition) is 0. The lowest BCUT2D eigenvalue weighted by molar-refractivity contribution is 0.592. The highest BCUT2D eigenvalue weighted by molar-refractivity contribution is 7.85. The smallest absolute Gasteiger partial charge is 0.171 e. The fourth-order valence-corrected chi connectivity index (χ4v) is 9.96. The molecule has 0 radical (unpaired) electrons. The first-order valence-corrected chi connectivity index (χ1v) is 18.9. The van der Waals surface area contributed by atoms with E-state index in [0.717, 1.165) is 76.7 Å². The van der Waals surface area contributed by atoms with Gasteiger partial charge in [-0.05, 0) is 59.3 Å². The van der Waals surface area contributed by atoms with Gasteiger partial charge in [-0.1, -0.05) is 152 Å². The van der Waals surface area contributed by atoms with Crippen molar-refractivity contribution in [2.24, 2.45) is 0 Å². The van der Waals surface area contributed by atoms with Crippen molar-refractivity contribution in [1.82, 2.24) is 4.98 Å². The van der Waals surface area contributed by atoms with E-state index in [2.05, 4.69) is 126 Å². The zero-order chi connectivity index (χ0) is 34.2. The van der Waals surface area contributed by atoms with Crippen molar-refractivity contribution in [3.05, 3.63) is 200 Å². The number of para-hydroxylation sites is 3. The summed E-state index contributed by atoms with van der Waals surface area (Å²) in [5, 5.41) is 7.96. The molecule has 0 atom stereocenters. The molecule has 51 heavy (non-hydrogen) atoms. The number of rotatable bonds is 7. The fourth-order valence-electron chi connectivity index (χ4n) is 7.28. The lowest BCUT2D eigenvalue weighted by Gasteiger charge is -2.25. The molecule has 0 aliphatic rings. The molecule has 0 amide bonds. The zero-order valence-electron chi connectivity index (χ0n) is 27.8. The summed E-state index contributed by atoms with van der Waals surface area (Å²) in [6.45, 7) is 0. The van der Waals surface area contributed by atoms with Gasteiger partial charge in [0.15, 0.2) is 7.14 Å². The first-order chi connectivity index (χ1) is 25.2. The van der Waals surface area contributed by atoms with Crippen LogP contribution in [0.3, 0.4) is 0 Å². The van der Waals surface area contributed by atoms with E-state index in [4.69, 9.17) is 4.98 Å². The molecule has 0 bridgehead atoms. The normalized spacial score (nSPS) is 11.6. The SMILES string of the molecule is O=P(c1ccccc1)(c1ccccc1)c1ccc2c(ccc3c(-c4ccc(N(c5ccccc5)c5ccccc5)cc4)nc4ccccc4c32)c1. The Kier molecular flexibility index (Phi) is 7.76. The topological polar surface area (TPSA) is 33.2 Å². The number of benzene rings is 8. The van der Waals surface area contributed by atoms with Crippen LogP contribution in [0.2, 0.25) is 0 Å². The maximum Gasteiger partial charge on any atom is 0.171 e. The quantitative estimate of drug-likeness (QED) is 0.125. The van der Waals surface area contributed by atoms with Crippen LogP contribution in [0.1, 0.15) is 0 Å². The monoisotopic (exact) mass is 672 g/mol. The van der Waals surface area contributed by atoms with Crippen LogP contribution in [0.15, 0.2) is 200 Å². The summed E-state index contributed by atoms with van der Waals surface area (Å²) in [7, 11) is -3.12. The van der Waals surface area contributed by atoms with Gasteiger partial charge in [-0.2, -0.15) is 0 Å². The molecule has 1 aromatic heterocycles. The molecule has 9 aromatic rings. The Morgan fingerprint density at radius 2 is 0.922 bits per heavy atom. The predicted octanol–water partition coefficient (Wildman–Crippen LogP) is 11.3. The molecule has 0 N–H and O–H groups in total. The summed E-state index contributed by atoms with van der Waals surface area (Å²) in [6.07, 6.45) is 0. The Morgan fingerprint density at radius 3 is 1.53 bits per heavy atom. The average molecular weight is 673 g/mol. The molecule has 3 nitrogen and oxygen atoms in total. The standard InChI is InChI=1S/C47H33N2OP/c50-51(39-19-9-3-10-20-39,40-21-11-4-12-22-40)41-30-32-42-35(33-41)27-31-44-46(42)43-23-13-14-24-45(43)48-47(44)34-25-28-38(29-26-34)49(36-15-5-1-6-16-36)37-17-7-2-8-18-37/h1-33H. The Balaban J connectivity index is 1.21. The summed E-state index contributed by atoms with van der Waals surface area (Å²) < 4.78 is 15.2. The summed E-state index contributed by atoms with van der Waals surface area (Å²) in [4.78, 5) is 7.52. The van der Waals surface area contributed by atoms with Gasteiger partial charge < -0.3 is 9.46 Å². The van der Waals surface area contributed by atoms with Crippen molar-refractivity contribution in [1.29, 1.82) is 0 Å². The molecule has 0 aliphatic carbocycles. The molecule has 0 saturated heterocycles. The third kappa shape index (κ3) is 5.40. The van der Waals surface area contributed by atoms with E-state index in [1.54, 1.807) is 0 Å². The average Bonchev–Trinajstić information content (AvgIpc) is 3.21. The van der Waals surface area contributed by atoms with Crippen LogP contribution < -0.4 is 20.8 Å². The molecule has 1 heterocycles. The molecule has 9 rings (SSSR count). The van der Waals surface area contributed by atoms with Crippen LogP contribution in [0.5, 0.6) is 0 Å². The number of fused-ring (bicyclic) bond motifs is 5. The van der Waals surface area contributed by atoms with E-state index >= 15 is 4.57 Å². The highest BCUT2D eigenvalue weighted by Gasteiger charge is 2.30. The van der Waals surface area contributed by atoms with E-state index in [1.807, 2.05) is 78.9 Å². The Hall–Kier alpha value is -6.28. The molecule has 0 spiro atoms. The van der Waals surface area contributed by atoms with Gasteiger partial charge in [-0.25, -0.2) is 4.98 Å². The lowest BCUT2D eigenvalue weighted by atomic mass is 9.95. The number of aromatic nitrogens is 1. The number of pyridine rings is 1. The minimum atomic E-state index is -3.12. The molecule has 0 fully saturated rings. The lowest BCUT2D eigenvalue weighted by Crippen LogP contribution is -2.24. The van der Waals surface area contributed by atoms with Crippen LogP contribution >= 0.6 is 7.14 Å². The molecule has 0 aliphatic heterocycles. The Bertz CT molecular complexity index is 2610. The minimum absolute atomic E-state index is 0.822. The minimum Gasteiger partial charge on any atom is -0.311 e. The van der Waals surface area contributed by atoms with Crippen LogP contribution in [0.25, 0.3) is 43.7 Å². The highest BCUT2D eigenvalue weighted by Crippen LogP contribution is 2.44. The second kappa shape index (κ2) is 12.9. The molecule has 0 saturated carbocycles. The number of nitrogens with zero attached hydrogens (tertiary/aromatic N) is 2. The maximum atomic E-state index is 15.2. The van der Waals surface area contributed by atoms with Crippen molar-refractivity contribution in [2.75, 3.05) is 4.90 Å². The second-order valence-corrected chi connectivity index (χ2v) is 15.5. The number of anilines is 3.